The van der Waals surface area contributed by atoms with Crippen LogP contribution in [-0.2, 0) is 6.42 Å². The average molecular weight is 421 g/mol. The molecule has 1 heterocycles. The lowest BCUT2D eigenvalue weighted by atomic mass is 10.1. The molecule has 0 radical (unpaired) electrons. The third kappa shape index (κ3) is 6.21. The first-order chi connectivity index (χ1) is 14.5. The Morgan fingerprint density at radius 3 is 2.63 bits per heavy atom. The summed E-state index contributed by atoms with van der Waals surface area (Å²) >= 11 is 0. The van der Waals surface area contributed by atoms with E-state index in [1.165, 1.54) is 24.3 Å². The van der Waals surface area contributed by atoms with E-state index in [0.29, 0.717) is 24.6 Å². The largest absolute Gasteiger partial charge is 0.454 e. The van der Waals surface area contributed by atoms with Gasteiger partial charge in [-0.2, -0.15) is 8.78 Å². The number of aliphatic imine (C=N–C) groups is 1. The fourth-order valence-corrected chi connectivity index (χ4v) is 2.92. The van der Waals surface area contributed by atoms with Crippen molar-refractivity contribution in [3.8, 4) is 17.2 Å². The fourth-order valence-electron chi connectivity index (χ4n) is 2.92. The summed E-state index contributed by atoms with van der Waals surface area (Å²) in [5.41, 5.74) is 1.67. The van der Waals surface area contributed by atoms with Gasteiger partial charge in [0.2, 0.25) is 6.79 Å². The van der Waals surface area contributed by atoms with Gasteiger partial charge in [-0.1, -0.05) is 18.2 Å². The van der Waals surface area contributed by atoms with Gasteiger partial charge in [-0.15, -0.1) is 0 Å². The van der Waals surface area contributed by atoms with E-state index in [1.807, 2.05) is 25.1 Å². The topological polar surface area (TPSA) is 84.3 Å². The van der Waals surface area contributed by atoms with Crippen LogP contribution in [0.4, 0.5) is 8.78 Å². The zero-order valence-electron chi connectivity index (χ0n) is 16.6. The number of aliphatic hydroxyl groups excluding tert-OH is 1. The number of alkyl halides is 2. The van der Waals surface area contributed by atoms with E-state index in [4.69, 9.17) is 9.47 Å². The highest BCUT2D eigenvalue weighted by molar-refractivity contribution is 5.79. The standard InChI is InChI=1S/C21H25F2N3O4/c1-2-24-21(25-10-9-14-3-8-18-19(11-14)29-13-28-18)26-12-17(27)15-4-6-16(7-5-15)30-20(22)23/h3-8,11,17,20,27H,2,9-10,12-13H2,1H3,(H2,24,25,26). The summed E-state index contributed by atoms with van der Waals surface area (Å²) < 4.78 is 39.4. The third-order valence-corrected chi connectivity index (χ3v) is 4.40. The summed E-state index contributed by atoms with van der Waals surface area (Å²) in [6.45, 7) is 0.754. The number of rotatable bonds is 9. The van der Waals surface area contributed by atoms with E-state index in [0.717, 1.165) is 23.5 Å². The minimum atomic E-state index is -2.88. The highest BCUT2D eigenvalue weighted by Gasteiger charge is 2.13. The lowest BCUT2D eigenvalue weighted by Crippen LogP contribution is -2.38. The lowest BCUT2D eigenvalue weighted by molar-refractivity contribution is -0.0498. The highest BCUT2D eigenvalue weighted by Crippen LogP contribution is 2.32. The molecular weight excluding hydrogens is 396 g/mol. The fraction of sp³-hybridized carbons (Fsp3) is 0.381. The quantitative estimate of drug-likeness (QED) is 0.427. The molecule has 162 valence electrons. The molecule has 30 heavy (non-hydrogen) atoms. The minimum Gasteiger partial charge on any atom is -0.454 e. The van der Waals surface area contributed by atoms with Crippen LogP contribution >= 0.6 is 0 Å². The summed E-state index contributed by atoms with van der Waals surface area (Å²) in [4.78, 5) is 4.40. The average Bonchev–Trinajstić information content (AvgIpc) is 3.20. The maximum Gasteiger partial charge on any atom is 0.387 e. The monoisotopic (exact) mass is 421 g/mol. The van der Waals surface area contributed by atoms with E-state index in [-0.39, 0.29) is 19.1 Å². The molecule has 1 aliphatic rings. The molecule has 2 aromatic rings. The second-order valence-electron chi connectivity index (χ2n) is 6.55. The number of ether oxygens (including phenoxy) is 3. The van der Waals surface area contributed by atoms with Gasteiger partial charge in [0.05, 0.1) is 12.6 Å². The molecule has 1 atom stereocenters. The Morgan fingerprint density at radius 1 is 1.13 bits per heavy atom. The van der Waals surface area contributed by atoms with Crippen LogP contribution in [0, 0.1) is 0 Å². The SMILES string of the molecule is CCNC(=NCC(O)c1ccc(OC(F)F)cc1)NCCc1ccc2c(c1)OCO2. The molecule has 2 aromatic carbocycles. The van der Waals surface area contributed by atoms with Gasteiger partial charge >= 0.3 is 6.61 Å². The van der Waals surface area contributed by atoms with Gasteiger partial charge in [0.15, 0.2) is 17.5 Å². The first-order valence-corrected chi connectivity index (χ1v) is 9.68. The van der Waals surface area contributed by atoms with Gasteiger partial charge in [0.25, 0.3) is 0 Å². The van der Waals surface area contributed by atoms with Crippen LogP contribution in [0.5, 0.6) is 17.2 Å². The van der Waals surface area contributed by atoms with E-state index < -0.39 is 12.7 Å². The molecule has 7 nitrogen and oxygen atoms in total. The molecule has 3 rings (SSSR count). The predicted molar refractivity (Wildman–Crippen MR) is 108 cm³/mol. The van der Waals surface area contributed by atoms with Crippen molar-refractivity contribution in [3.05, 3.63) is 53.6 Å². The molecular formula is C21H25F2N3O4. The number of nitrogens with zero attached hydrogens (tertiary/aromatic N) is 1. The number of guanidine groups is 1. The lowest BCUT2D eigenvalue weighted by Gasteiger charge is -2.14. The molecule has 0 spiro atoms. The van der Waals surface area contributed by atoms with Crippen molar-refractivity contribution < 1.29 is 28.1 Å². The smallest absolute Gasteiger partial charge is 0.387 e. The number of hydrogen-bond donors (Lipinski definition) is 3. The van der Waals surface area contributed by atoms with Crippen LogP contribution in [0.1, 0.15) is 24.2 Å². The Morgan fingerprint density at radius 2 is 1.90 bits per heavy atom. The number of nitrogens with one attached hydrogen (secondary N) is 2. The van der Waals surface area contributed by atoms with Gasteiger partial charge in [0, 0.05) is 13.1 Å². The molecule has 0 aromatic heterocycles. The molecule has 0 fully saturated rings. The number of fused-ring (bicyclic) bond motifs is 1. The number of hydrogen-bond acceptors (Lipinski definition) is 5. The van der Waals surface area contributed by atoms with E-state index in [1.54, 1.807) is 0 Å². The van der Waals surface area contributed by atoms with E-state index in [9.17, 15) is 13.9 Å². The third-order valence-electron chi connectivity index (χ3n) is 4.40. The van der Waals surface area contributed by atoms with Crippen molar-refractivity contribution in [2.45, 2.75) is 26.1 Å². The molecule has 0 saturated heterocycles. The van der Waals surface area contributed by atoms with Gasteiger partial charge < -0.3 is 30.0 Å². The predicted octanol–water partition coefficient (Wildman–Crippen LogP) is 2.85. The van der Waals surface area contributed by atoms with Crippen LogP contribution in [0.25, 0.3) is 0 Å². The Kier molecular flexibility index (Phi) is 7.67. The number of aliphatic hydroxyl groups is 1. The maximum absolute atomic E-state index is 12.2. The van der Waals surface area contributed by atoms with Crippen LogP contribution in [0.15, 0.2) is 47.5 Å². The summed E-state index contributed by atoms with van der Waals surface area (Å²) in [6.07, 6.45) is -0.107. The van der Waals surface area contributed by atoms with Crippen molar-refractivity contribution in [3.63, 3.8) is 0 Å². The van der Waals surface area contributed by atoms with E-state index >= 15 is 0 Å². The number of benzene rings is 2. The van der Waals surface area contributed by atoms with Crippen molar-refractivity contribution in [1.29, 1.82) is 0 Å². The van der Waals surface area contributed by atoms with Crippen molar-refractivity contribution in [2.75, 3.05) is 26.4 Å². The highest BCUT2D eigenvalue weighted by atomic mass is 19.3. The maximum atomic E-state index is 12.2. The zero-order chi connectivity index (χ0) is 21.3. The molecule has 0 bridgehead atoms. The zero-order valence-corrected chi connectivity index (χ0v) is 16.6. The second-order valence-corrected chi connectivity index (χ2v) is 6.55. The molecule has 1 aliphatic heterocycles. The molecule has 0 saturated carbocycles. The van der Waals surface area contributed by atoms with Gasteiger partial charge in [-0.3, -0.25) is 4.99 Å². The van der Waals surface area contributed by atoms with E-state index in [2.05, 4.69) is 20.4 Å². The van der Waals surface area contributed by atoms with Crippen LogP contribution in [0.3, 0.4) is 0 Å². The van der Waals surface area contributed by atoms with Gasteiger partial charge in [0.1, 0.15) is 5.75 Å². The first kappa shape index (κ1) is 21.6. The van der Waals surface area contributed by atoms with Crippen LogP contribution in [0.2, 0.25) is 0 Å². The Labute approximate surface area is 173 Å². The Hall–Kier alpha value is -3.07. The molecule has 0 amide bonds. The van der Waals surface area contributed by atoms with Crippen LogP contribution in [-0.4, -0.2) is 44.1 Å². The van der Waals surface area contributed by atoms with Gasteiger partial charge in [-0.25, -0.2) is 0 Å². The summed E-state index contributed by atoms with van der Waals surface area (Å²) in [6, 6.07) is 11.7. The van der Waals surface area contributed by atoms with Crippen molar-refractivity contribution in [1.82, 2.24) is 10.6 Å². The van der Waals surface area contributed by atoms with Crippen molar-refractivity contribution >= 4 is 5.96 Å². The molecule has 3 N–H and O–H groups in total. The van der Waals surface area contributed by atoms with Crippen molar-refractivity contribution in [2.24, 2.45) is 4.99 Å². The number of halogens is 2. The molecule has 9 heteroatoms. The second kappa shape index (κ2) is 10.6. The summed E-state index contributed by atoms with van der Waals surface area (Å²) in [5, 5.41) is 16.7. The summed E-state index contributed by atoms with van der Waals surface area (Å²) in [5.74, 6) is 2.13. The summed E-state index contributed by atoms with van der Waals surface area (Å²) in [7, 11) is 0. The first-order valence-electron chi connectivity index (χ1n) is 9.68. The molecule has 0 aliphatic carbocycles. The Bertz CT molecular complexity index is 847. The van der Waals surface area contributed by atoms with Crippen LogP contribution < -0.4 is 24.8 Å². The van der Waals surface area contributed by atoms with Gasteiger partial charge in [-0.05, 0) is 48.7 Å². The Balaban J connectivity index is 1.50. The molecule has 1 unspecified atom stereocenters. The normalized spacial score (nSPS) is 14.0. The minimum absolute atomic E-state index is 0.0444.